The molecule has 4 heterocycles. The van der Waals surface area contributed by atoms with Gasteiger partial charge in [-0.25, -0.2) is 4.98 Å². The van der Waals surface area contributed by atoms with Crippen molar-refractivity contribution in [3.8, 4) is 0 Å². The lowest BCUT2D eigenvalue weighted by Crippen LogP contribution is -2.50. The van der Waals surface area contributed by atoms with Crippen LogP contribution >= 0.6 is 0 Å². The number of pyridine rings is 1. The maximum atomic E-state index is 13.2. The summed E-state index contributed by atoms with van der Waals surface area (Å²) in [4.78, 5) is 33.7. The molecule has 6 heteroatoms. The Bertz CT molecular complexity index is 1070. The fourth-order valence-corrected chi connectivity index (χ4v) is 5.20. The minimum Gasteiger partial charge on any atom is -0.345 e. The molecule has 0 N–H and O–H groups in total. The van der Waals surface area contributed by atoms with Gasteiger partial charge in [-0.2, -0.15) is 0 Å². The highest BCUT2D eigenvalue weighted by molar-refractivity contribution is 5.83. The highest BCUT2D eigenvalue weighted by Crippen LogP contribution is 2.41. The molecule has 2 saturated heterocycles. The lowest BCUT2D eigenvalue weighted by Gasteiger charge is -2.43. The summed E-state index contributed by atoms with van der Waals surface area (Å²) in [5.74, 6) is 0.246. The van der Waals surface area contributed by atoms with Crippen molar-refractivity contribution >= 4 is 17.5 Å². The fraction of sp³-hybridized carbons (Fsp3) is 0.400. The molecule has 31 heavy (non-hydrogen) atoms. The second kappa shape index (κ2) is 7.84. The summed E-state index contributed by atoms with van der Waals surface area (Å²) in [6, 6.07) is 16.6. The maximum Gasteiger partial charge on any atom is 0.227 e. The molecular formula is C25H28N4O2. The molecule has 160 valence electrons. The minimum atomic E-state index is -0.205. The molecule has 3 aromatic rings. The van der Waals surface area contributed by atoms with Gasteiger partial charge in [-0.3, -0.25) is 9.59 Å². The number of rotatable bonds is 3. The molecule has 0 spiro atoms. The zero-order valence-electron chi connectivity index (χ0n) is 17.9. The molecule has 2 amide bonds. The molecule has 2 aliphatic heterocycles. The van der Waals surface area contributed by atoms with Crippen molar-refractivity contribution in [3.63, 3.8) is 0 Å². The van der Waals surface area contributed by atoms with Crippen LogP contribution in [0, 0.1) is 5.92 Å². The number of amides is 2. The normalized spacial score (nSPS) is 21.5. The Labute approximate surface area is 182 Å². The van der Waals surface area contributed by atoms with Crippen molar-refractivity contribution in [1.82, 2.24) is 19.2 Å². The van der Waals surface area contributed by atoms with Crippen LogP contribution in [0.15, 0.2) is 60.9 Å². The van der Waals surface area contributed by atoms with Gasteiger partial charge in [-0.15, -0.1) is 0 Å². The van der Waals surface area contributed by atoms with E-state index in [0.717, 1.165) is 24.2 Å². The SMILES string of the molecule is CN1CC(C(=O)N2CCC(c3ccccc3)(c3cn4ccccc4n3)CC2)CCC1=O. The number of hydrogen-bond donors (Lipinski definition) is 0. The molecule has 2 aromatic heterocycles. The minimum absolute atomic E-state index is 0.0814. The summed E-state index contributed by atoms with van der Waals surface area (Å²) in [7, 11) is 1.79. The first-order chi connectivity index (χ1) is 15.1. The van der Waals surface area contributed by atoms with Crippen LogP contribution in [-0.2, 0) is 15.0 Å². The first-order valence-corrected chi connectivity index (χ1v) is 11.1. The first-order valence-electron chi connectivity index (χ1n) is 11.1. The predicted octanol–water partition coefficient (Wildman–Crippen LogP) is 3.11. The average molecular weight is 417 g/mol. The molecule has 6 nitrogen and oxygen atoms in total. The third kappa shape index (κ3) is 3.50. The number of likely N-dealkylation sites (tertiary alicyclic amines) is 2. The Morgan fingerprint density at radius 2 is 1.81 bits per heavy atom. The number of carbonyl (C=O) groups excluding carboxylic acids is 2. The van der Waals surface area contributed by atoms with Gasteiger partial charge in [0, 0.05) is 50.9 Å². The number of piperidine rings is 2. The lowest BCUT2D eigenvalue weighted by atomic mass is 9.70. The van der Waals surface area contributed by atoms with Crippen molar-refractivity contribution < 1.29 is 9.59 Å². The number of aromatic nitrogens is 2. The standard InChI is InChI=1S/C25H28N4O2/c1-27-17-19(10-11-23(27)30)24(31)28-15-12-25(13-16-28,20-7-3-2-4-8-20)21-18-29-14-6-5-9-22(29)26-21/h2-9,14,18-19H,10-13,15-17H2,1H3. The van der Waals surface area contributed by atoms with Crippen LogP contribution in [0.3, 0.4) is 0 Å². The monoisotopic (exact) mass is 416 g/mol. The van der Waals surface area contributed by atoms with Gasteiger partial charge in [0.25, 0.3) is 0 Å². The van der Waals surface area contributed by atoms with Crippen LogP contribution in [0.1, 0.15) is 36.9 Å². The van der Waals surface area contributed by atoms with Crippen LogP contribution in [0.4, 0.5) is 0 Å². The average Bonchev–Trinajstić information content (AvgIpc) is 3.26. The third-order valence-corrected chi connectivity index (χ3v) is 7.09. The van der Waals surface area contributed by atoms with E-state index in [1.807, 2.05) is 35.4 Å². The summed E-state index contributed by atoms with van der Waals surface area (Å²) in [6.45, 7) is 1.94. The van der Waals surface area contributed by atoms with Gasteiger partial charge in [0.15, 0.2) is 0 Å². The lowest BCUT2D eigenvalue weighted by molar-refractivity contribution is -0.143. The molecule has 5 rings (SSSR count). The summed E-state index contributed by atoms with van der Waals surface area (Å²) in [5.41, 5.74) is 3.07. The van der Waals surface area contributed by atoms with Crippen molar-refractivity contribution in [2.24, 2.45) is 5.92 Å². The zero-order chi connectivity index (χ0) is 21.4. The maximum absolute atomic E-state index is 13.2. The van der Waals surface area contributed by atoms with Crippen LogP contribution in [0.5, 0.6) is 0 Å². The summed E-state index contributed by atoms with van der Waals surface area (Å²) < 4.78 is 2.08. The smallest absolute Gasteiger partial charge is 0.227 e. The zero-order valence-corrected chi connectivity index (χ0v) is 17.9. The van der Waals surface area contributed by atoms with Crippen molar-refractivity contribution in [1.29, 1.82) is 0 Å². The van der Waals surface area contributed by atoms with E-state index < -0.39 is 0 Å². The molecular weight excluding hydrogens is 388 g/mol. The fourth-order valence-electron chi connectivity index (χ4n) is 5.20. The van der Waals surface area contributed by atoms with Gasteiger partial charge in [0.2, 0.25) is 11.8 Å². The number of imidazole rings is 1. The van der Waals surface area contributed by atoms with Gasteiger partial charge < -0.3 is 14.2 Å². The molecule has 0 bridgehead atoms. The Morgan fingerprint density at radius 3 is 2.52 bits per heavy atom. The van der Waals surface area contributed by atoms with E-state index in [-0.39, 0.29) is 23.1 Å². The highest BCUT2D eigenvalue weighted by Gasteiger charge is 2.42. The van der Waals surface area contributed by atoms with E-state index in [4.69, 9.17) is 4.98 Å². The second-order valence-corrected chi connectivity index (χ2v) is 8.88. The Hall–Kier alpha value is -3.15. The van der Waals surface area contributed by atoms with E-state index >= 15 is 0 Å². The molecule has 0 aliphatic carbocycles. The molecule has 0 radical (unpaired) electrons. The van der Waals surface area contributed by atoms with Gasteiger partial charge in [-0.05, 0) is 37.0 Å². The van der Waals surface area contributed by atoms with E-state index in [0.29, 0.717) is 32.5 Å². The van der Waals surface area contributed by atoms with Gasteiger partial charge >= 0.3 is 0 Å². The number of fused-ring (bicyclic) bond motifs is 1. The number of carbonyl (C=O) groups is 2. The number of hydrogen-bond acceptors (Lipinski definition) is 3. The Morgan fingerprint density at radius 1 is 1.06 bits per heavy atom. The summed E-state index contributed by atoms with van der Waals surface area (Å²) in [6.07, 6.45) is 6.98. The molecule has 1 aromatic carbocycles. The molecule has 1 unspecified atom stereocenters. The number of nitrogens with zero attached hydrogens (tertiary/aromatic N) is 4. The Kier molecular flexibility index (Phi) is 5.00. The molecule has 2 aliphatic rings. The second-order valence-electron chi connectivity index (χ2n) is 8.88. The number of benzene rings is 1. The van der Waals surface area contributed by atoms with E-state index in [1.54, 1.807) is 11.9 Å². The van der Waals surface area contributed by atoms with Gasteiger partial charge in [0.05, 0.1) is 11.6 Å². The van der Waals surface area contributed by atoms with Crippen LogP contribution in [-0.4, -0.2) is 57.7 Å². The predicted molar refractivity (Wildman–Crippen MR) is 119 cm³/mol. The van der Waals surface area contributed by atoms with Crippen LogP contribution < -0.4 is 0 Å². The van der Waals surface area contributed by atoms with Crippen LogP contribution in [0.2, 0.25) is 0 Å². The van der Waals surface area contributed by atoms with Crippen molar-refractivity contribution in [3.05, 3.63) is 72.2 Å². The molecule has 0 saturated carbocycles. The van der Waals surface area contributed by atoms with E-state index in [9.17, 15) is 9.59 Å². The van der Waals surface area contributed by atoms with Crippen molar-refractivity contribution in [2.45, 2.75) is 31.1 Å². The third-order valence-electron chi connectivity index (χ3n) is 7.09. The topological polar surface area (TPSA) is 57.9 Å². The molecule has 2 fully saturated rings. The first kappa shape index (κ1) is 19.8. The summed E-state index contributed by atoms with van der Waals surface area (Å²) in [5, 5.41) is 0. The van der Waals surface area contributed by atoms with E-state index in [2.05, 4.69) is 34.9 Å². The Balaban J connectivity index is 1.41. The van der Waals surface area contributed by atoms with E-state index in [1.165, 1.54) is 5.56 Å². The molecule has 1 atom stereocenters. The van der Waals surface area contributed by atoms with Gasteiger partial charge in [-0.1, -0.05) is 36.4 Å². The van der Waals surface area contributed by atoms with Gasteiger partial charge in [0.1, 0.15) is 5.65 Å². The van der Waals surface area contributed by atoms with Crippen molar-refractivity contribution in [2.75, 3.05) is 26.7 Å². The quantitative estimate of drug-likeness (QED) is 0.659. The highest BCUT2D eigenvalue weighted by atomic mass is 16.2. The summed E-state index contributed by atoms with van der Waals surface area (Å²) >= 11 is 0. The van der Waals surface area contributed by atoms with Crippen LogP contribution in [0.25, 0.3) is 5.65 Å². The largest absolute Gasteiger partial charge is 0.345 e.